The van der Waals surface area contributed by atoms with Crippen LogP contribution in [0.3, 0.4) is 0 Å². The Morgan fingerprint density at radius 2 is 1.46 bits per heavy atom. The van der Waals surface area contributed by atoms with E-state index in [2.05, 4.69) is 67.3 Å². The first-order valence-corrected chi connectivity index (χ1v) is 9.23. The van der Waals surface area contributed by atoms with Crippen LogP contribution in [0.25, 0.3) is 0 Å². The van der Waals surface area contributed by atoms with Crippen molar-refractivity contribution in [1.29, 1.82) is 0 Å². The molecule has 0 saturated carbocycles. The van der Waals surface area contributed by atoms with E-state index in [0.29, 0.717) is 5.92 Å². The Balaban J connectivity index is 1.48. The second-order valence-electron chi connectivity index (χ2n) is 7.11. The molecule has 1 saturated heterocycles. The van der Waals surface area contributed by atoms with Gasteiger partial charge >= 0.3 is 0 Å². The molecule has 0 radical (unpaired) electrons. The summed E-state index contributed by atoms with van der Waals surface area (Å²) in [7, 11) is 0. The van der Waals surface area contributed by atoms with Gasteiger partial charge in [-0.15, -0.1) is 0 Å². The summed E-state index contributed by atoms with van der Waals surface area (Å²) >= 11 is 0. The highest BCUT2D eigenvalue weighted by Crippen LogP contribution is 2.18. The lowest BCUT2D eigenvalue weighted by Crippen LogP contribution is -2.25. The van der Waals surface area contributed by atoms with Crippen molar-refractivity contribution in [1.82, 2.24) is 4.90 Å². The Morgan fingerprint density at radius 3 is 2.04 bits per heavy atom. The lowest BCUT2D eigenvalue weighted by atomic mass is 9.99. The Hall–Kier alpha value is -1.80. The van der Waals surface area contributed by atoms with E-state index < -0.39 is 0 Å². The summed E-state index contributed by atoms with van der Waals surface area (Å²) in [6, 6.07) is 17.5. The highest BCUT2D eigenvalue weighted by molar-refractivity contribution is 5.33. The maximum absolute atomic E-state index is 5.87. The molecular weight excluding hydrogens is 294 g/mol. The van der Waals surface area contributed by atoms with Crippen LogP contribution in [0.2, 0.25) is 0 Å². The Kier molecular flexibility index (Phi) is 5.92. The number of benzene rings is 2. The Morgan fingerprint density at radius 1 is 0.875 bits per heavy atom. The first-order valence-electron chi connectivity index (χ1n) is 9.23. The zero-order valence-electron chi connectivity index (χ0n) is 15.0. The van der Waals surface area contributed by atoms with Gasteiger partial charge in [0.1, 0.15) is 12.4 Å². The van der Waals surface area contributed by atoms with Gasteiger partial charge in [-0.2, -0.15) is 0 Å². The van der Waals surface area contributed by atoms with Crippen molar-refractivity contribution in [2.45, 2.75) is 39.0 Å². The molecule has 2 aromatic rings. The van der Waals surface area contributed by atoms with E-state index in [-0.39, 0.29) is 0 Å². The van der Waals surface area contributed by atoms with Gasteiger partial charge in [-0.1, -0.05) is 50.2 Å². The molecule has 1 fully saturated rings. The Bertz CT molecular complexity index is 609. The molecule has 0 bridgehead atoms. The molecule has 1 aliphatic rings. The molecule has 0 aliphatic carbocycles. The average Bonchev–Trinajstić information content (AvgIpc) is 3.10. The SMILES string of the molecule is CC(C)c1ccc(Cc2ccc(OCCN3CCCC3)cc2)cc1. The summed E-state index contributed by atoms with van der Waals surface area (Å²) < 4.78 is 5.87. The van der Waals surface area contributed by atoms with Crippen molar-refractivity contribution in [2.75, 3.05) is 26.2 Å². The number of rotatable bonds is 7. The standard InChI is InChI=1S/C22H29NO/c1-18(2)21-9-5-19(6-10-21)17-20-7-11-22(12-8-20)24-16-15-23-13-3-4-14-23/h5-12,18H,3-4,13-17H2,1-2H3. The molecule has 0 amide bonds. The van der Waals surface area contributed by atoms with Crippen molar-refractivity contribution in [3.63, 3.8) is 0 Å². The molecule has 128 valence electrons. The van der Waals surface area contributed by atoms with E-state index in [0.717, 1.165) is 25.3 Å². The minimum Gasteiger partial charge on any atom is -0.492 e. The van der Waals surface area contributed by atoms with E-state index in [1.54, 1.807) is 0 Å². The first kappa shape index (κ1) is 17.0. The minimum atomic E-state index is 0.594. The zero-order valence-corrected chi connectivity index (χ0v) is 15.0. The zero-order chi connectivity index (χ0) is 16.8. The molecular formula is C22H29NO. The smallest absolute Gasteiger partial charge is 0.119 e. The van der Waals surface area contributed by atoms with Crippen LogP contribution >= 0.6 is 0 Å². The molecule has 2 nitrogen and oxygen atoms in total. The van der Waals surface area contributed by atoms with E-state index in [9.17, 15) is 0 Å². The third kappa shape index (κ3) is 4.85. The molecule has 0 unspecified atom stereocenters. The van der Waals surface area contributed by atoms with E-state index in [1.807, 2.05) is 0 Å². The second-order valence-corrected chi connectivity index (χ2v) is 7.11. The molecule has 1 aliphatic heterocycles. The van der Waals surface area contributed by atoms with Gasteiger partial charge in [0, 0.05) is 6.54 Å². The maximum atomic E-state index is 5.87. The number of ether oxygens (including phenoxy) is 1. The summed E-state index contributed by atoms with van der Waals surface area (Å²) in [5, 5.41) is 0. The fraction of sp³-hybridized carbons (Fsp3) is 0.455. The third-order valence-electron chi connectivity index (χ3n) is 4.85. The van der Waals surface area contributed by atoms with Gasteiger partial charge in [0.2, 0.25) is 0 Å². The summed E-state index contributed by atoms with van der Waals surface area (Å²) in [6.45, 7) is 8.77. The molecule has 3 rings (SSSR count). The van der Waals surface area contributed by atoms with Gasteiger partial charge < -0.3 is 4.74 Å². The molecule has 0 spiro atoms. The number of nitrogens with zero attached hydrogens (tertiary/aromatic N) is 1. The molecule has 0 N–H and O–H groups in total. The summed E-state index contributed by atoms with van der Waals surface area (Å²) in [6.07, 6.45) is 3.66. The molecule has 2 heteroatoms. The predicted octanol–water partition coefficient (Wildman–Crippen LogP) is 4.88. The minimum absolute atomic E-state index is 0.594. The van der Waals surface area contributed by atoms with Gasteiger partial charge in [-0.05, 0) is 67.1 Å². The van der Waals surface area contributed by atoms with Crippen LogP contribution in [0.15, 0.2) is 48.5 Å². The van der Waals surface area contributed by atoms with Gasteiger partial charge in [-0.3, -0.25) is 4.90 Å². The van der Waals surface area contributed by atoms with Crippen molar-refractivity contribution < 1.29 is 4.74 Å². The van der Waals surface area contributed by atoms with Crippen molar-refractivity contribution in [3.8, 4) is 5.75 Å². The lowest BCUT2D eigenvalue weighted by Gasteiger charge is -2.15. The van der Waals surface area contributed by atoms with Crippen LogP contribution in [-0.2, 0) is 6.42 Å². The molecule has 2 aromatic carbocycles. The average molecular weight is 323 g/mol. The summed E-state index contributed by atoms with van der Waals surface area (Å²) in [5.41, 5.74) is 4.10. The van der Waals surface area contributed by atoms with Crippen LogP contribution in [-0.4, -0.2) is 31.1 Å². The molecule has 24 heavy (non-hydrogen) atoms. The second kappa shape index (κ2) is 8.34. The number of hydrogen-bond donors (Lipinski definition) is 0. The van der Waals surface area contributed by atoms with E-state index >= 15 is 0 Å². The van der Waals surface area contributed by atoms with Crippen molar-refractivity contribution in [3.05, 3.63) is 65.2 Å². The highest BCUT2D eigenvalue weighted by Gasteiger charge is 2.10. The fourth-order valence-electron chi connectivity index (χ4n) is 3.26. The molecule has 0 aromatic heterocycles. The highest BCUT2D eigenvalue weighted by atomic mass is 16.5. The van der Waals surface area contributed by atoms with Crippen LogP contribution < -0.4 is 4.74 Å². The lowest BCUT2D eigenvalue weighted by molar-refractivity contribution is 0.238. The molecule has 0 atom stereocenters. The van der Waals surface area contributed by atoms with Crippen LogP contribution in [0.4, 0.5) is 0 Å². The first-order chi connectivity index (χ1) is 11.7. The van der Waals surface area contributed by atoms with Gasteiger partial charge in [0.25, 0.3) is 0 Å². The van der Waals surface area contributed by atoms with Crippen molar-refractivity contribution >= 4 is 0 Å². The van der Waals surface area contributed by atoms with Gasteiger partial charge in [0.15, 0.2) is 0 Å². The summed E-state index contributed by atoms with van der Waals surface area (Å²) in [4.78, 5) is 2.48. The van der Waals surface area contributed by atoms with Gasteiger partial charge in [0.05, 0.1) is 0 Å². The van der Waals surface area contributed by atoms with Crippen molar-refractivity contribution in [2.24, 2.45) is 0 Å². The van der Waals surface area contributed by atoms with Gasteiger partial charge in [-0.25, -0.2) is 0 Å². The van der Waals surface area contributed by atoms with Crippen LogP contribution in [0.1, 0.15) is 49.3 Å². The number of likely N-dealkylation sites (tertiary alicyclic amines) is 1. The molecule has 1 heterocycles. The number of hydrogen-bond acceptors (Lipinski definition) is 2. The Labute approximate surface area is 146 Å². The maximum Gasteiger partial charge on any atom is 0.119 e. The third-order valence-corrected chi connectivity index (χ3v) is 4.85. The quantitative estimate of drug-likeness (QED) is 0.720. The normalized spacial score (nSPS) is 15.1. The van der Waals surface area contributed by atoms with E-state index in [4.69, 9.17) is 4.74 Å². The topological polar surface area (TPSA) is 12.5 Å². The summed E-state index contributed by atoms with van der Waals surface area (Å²) in [5.74, 6) is 1.57. The van der Waals surface area contributed by atoms with Crippen LogP contribution in [0, 0.1) is 0 Å². The van der Waals surface area contributed by atoms with Crippen LogP contribution in [0.5, 0.6) is 5.75 Å². The van der Waals surface area contributed by atoms with E-state index in [1.165, 1.54) is 42.6 Å². The largest absolute Gasteiger partial charge is 0.492 e. The monoisotopic (exact) mass is 323 g/mol. The fourth-order valence-corrected chi connectivity index (χ4v) is 3.26. The predicted molar refractivity (Wildman–Crippen MR) is 101 cm³/mol.